The molecule has 0 aliphatic rings. The maximum Gasteiger partial charge on any atom is 0.573 e. The lowest BCUT2D eigenvalue weighted by atomic mass is 10.3. The number of hydrogen-bond acceptors (Lipinski definition) is 1. The topological polar surface area (TPSA) is 9.23 Å². The van der Waals surface area contributed by atoms with Crippen LogP contribution in [0.4, 0.5) is 13.2 Å². The second-order valence-corrected chi connectivity index (χ2v) is 9.33. The SMILES string of the molecule is C[Si](C)(C)c1ccccc1OC(F)(F)F. The first-order chi connectivity index (χ1) is 6.70. The molecule has 0 saturated heterocycles. The molecule has 0 saturated carbocycles. The highest BCUT2D eigenvalue weighted by Gasteiger charge is 2.33. The summed E-state index contributed by atoms with van der Waals surface area (Å²) in [6.07, 6.45) is -4.62. The minimum Gasteiger partial charge on any atom is -0.406 e. The van der Waals surface area contributed by atoms with Crippen LogP contribution in [0.1, 0.15) is 0 Å². The van der Waals surface area contributed by atoms with Gasteiger partial charge in [0.15, 0.2) is 0 Å². The molecular weight excluding hydrogens is 221 g/mol. The lowest BCUT2D eigenvalue weighted by Crippen LogP contribution is -2.39. The number of rotatable bonds is 2. The van der Waals surface area contributed by atoms with Crippen molar-refractivity contribution in [2.24, 2.45) is 0 Å². The average Bonchev–Trinajstić information content (AvgIpc) is 1.99. The van der Waals surface area contributed by atoms with Crippen molar-refractivity contribution in [1.82, 2.24) is 0 Å². The van der Waals surface area contributed by atoms with Gasteiger partial charge < -0.3 is 4.74 Å². The van der Waals surface area contributed by atoms with Crippen LogP contribution in [0.15, 0.2) is 24.3 Å². The summed E-state index contributed by atoms with van der Waals surface area (Å²) < 4.78 is 40.3. The van der Waals surface area contributed by atoms with Crippen LogP contribution in [-0.2, 0) is 0 Å². The number of halogens is 3. The molecule has 1 nitrogen and oxygen atoms in total. The van der Waals surface area contributed by atoms with Crippen molar-refractivity contribution >= 4 is 13.3 Å². The van der Waals surface area contributed by atoms with E-state index >= 15 is 0 Å². The lowest BCUT2D eigenvalue weighted by molar-refractivity contribution is -0.274. The number of alkyl halides is 3. The zero-order valence-electron chi connectivity index (χ0n) is 8.85. The second kappa shape index (κ2) is 3.88. The van der Waals surface area contributed by atoms with Crippen molar-refractivity contribution in [3.05, 3.63) is 24.3 Å². The van der Waals surface area contributed by atoms with Gasteiger partial charge in [-0.2, -0.15) is 0 Å². The van der Waals surface area contributed by atoms with Crippen molar-refractivity contribution in [2.75, 3.05) is 0 Å². The average molecular weight is 234 g/mol. The zero-order chi connectivity index (χ0) is 11.7. The van der Waals surface area contributed by atoms with Crippen molar-refractivity contribution in [3.8, 4) is 5.75 Å². The number of hydrogen-bond donors (Lipinski definition) is 0. The smallest absolute Gasteiger partial charge is 0.406 e. The Balaban J connectivity index is 3.08. The third-order valence-corrected chi connectivity index (χ3v) is 3.95. The highest BCUT2D eigenvalue weighted by molar-refractivity contribution is 6.89. The third-order valence-electron chi connectivity index (χ3n) is 1.92. The Kier molecular flexibility index (Phi) is 3.13. The molecule has 5 heteroatoms. The van der Waals surface area contributed by atoms with Crippen molar-refractivity contribution < 1.29 is 17.9 Å². The van der Waals surface area contributed by atoms with E-state index in [0.717, 1.165) is 0 Å². The molecule has 0 fully saturated rings. The van der Waals surface area contributed by atoms with Crippen molar-refractivity contribution in [2.45, 2.75) is 26.0 Å². The van der Waals surface area contributed by atoms with Gasteiger partial charge >= 0.3 is 6.36 Å². The Bertz CT molecular complexity index is 341. The van der Waals surface area contributed by atoms with E-state index in [0.29, 0.717) is 5.19 Å². The first-order valence-electron chi connectivity index (χ1n) is 4.55. The summed E-state index contributed by atoms with van der Waals surface area (Å²) in [7, 11) is -1.80. The quantitative estimate of drug-likeness (QED) is 0.714. The summed E-state index contributed by atoms with van der Waals surface area (Å²) in [6.45, 7) is 5.93. The monoisotopic (exact) mass is 234 g/mol. The van der Waals surface area contributed by atoms with Gasteiger partial charge in [-0.1, -0.05) is 37.8 Å². The third kappa shape index (κ3) is 3.58. The Morgan fingerprint density at radius 1 is 1.07 bits per heavy atom. The molecule has 0 atom stereocenters. The van der Waals surface area contributed by atoms with E-state index in [-0.39, 0.29) is 5.75 Å². The maximum atomic E-state index is 12.1. The van der Waals surface area contributed by atoms with Gasteiger partial charge in [-0.05, 0) is 11.3 Å². The number of para-hydroxylation sites is 1. The van der Waals surface area contributed by atoms with Gasteiger partial charge in [0.05, 0.1) is 8.07 Å². The molecule has 84 valence electrons. The van der Waals surface area contributed by atoms with Gasteiger partial charge in [-0.25, -0.2) is 0 Å². The van der Waals surface area contributed by atoms with Crippen LogP contribution in [0.2, 0.25) is 19.6 Å². The van der Waals surface area contributed by atoms with Gasteiger partial charge in [0.1, 0.15) is 5.75 Å². The molecule has 0 unspecified atom stereocenters. The van der Waals surface area contributed by atoms with Crippen LogP contribution < -0.4 is 9.92 Å². The first kappa shape index (κ1) is 12.1. The second-order valence-electron chi connectivity index (χ2n) is 4.29. The fourth-order valence-corrected chi connectivity index (χ4v) is 2.77. The highest BCUT2D eigenvalue weighted by Crippen LogP contribution is 2.23. The molecule has 1 aromatic rings. The molecule has 0 aliphatic heterocycles. The summed E-state index contributed by atoms with van der Waals surface area (Å²) in [6, 6.07) is 6.34. The van der Waals surface area contributed by atoms with E-state index in [4.69, 9.17) is 0 Å². The van der Waals surface area contributed by atoms with Crippen LogP contribution in [0.5, 0.6) is 5.75 Å². The zero-order valence-corrected chi connectivity index (χ0v) is 9.85. The summed E-state index contributed by atoms with van der Waals surface area (Å²) in [5.41, 5.74) is 0. The maximum absolute atomic E-state index is 12.1. The molecule has 0 aromatic heterocycles. The lowest BCUT2D eigenvalue weighted by Gasteiger charge is -2.21. The Hall–Kier alpha value is -0.973. The van der Waals surface area contributed by atoms with E-state index < -0.39 is 14.4 Å². The van der Waals surface area contributed by atoms with Crippen LogP contribution >= 0.6 is 0 Å². The molecule has 0 spiro atoms. The van der Waals surface area contributed by atoms with E-state index in [9.17, 15) is 13.2 Å². The fraction of sp³-hybridized carbons (Fsp3) is 0.400. The van der Waals surface area contributed by atoms with E-state index in [1.807, 2.05) is 19.6 Å². The first-order valence-corrected chi connectivity index (χ1v) is 8.05. The van der Waals surface area contributed by atoms with Gasteiger partial charge in [0.25, 0.3) is 0 Å². The van der Waals surface area contributed by atoms with Crippen LogP contribution in [0, 0.1) is 0 Å². The Morgan fingerprint density at radius 2 is 1.60 bits per heavy atom. The molecule has 0 aliphatic carbocycles. The van der Waals surface area contributed by atoms with Crippen molar-refractivity contribution in [1.29, 1.82) is 0 Å². The molecule has 0 N–H and O–H groups in total. The molecule has 0 bridgehead atoms. The summed E-state index contributed by atoms with van der Waals surface area (Å²) in [5.74, 6) is -0.0656. The number of ether oxygens (including phenoxy) is 1. The van der Waals surface area contributed by atoms with Crippen LogP contribution in [0.3, 0.4) is 0 Å². The standard InChI is InChI=1S/C10H13F3OSi/c1-15(2,3)9-7-5-4-6-8(9)14-10(11,12)13/h4-7H,1-3H3. The summed E-state index contributed by atoms with van der Waals surface area (Å²) in [5, 5.41) is 0.683. The van der Waals surface area contributed by atoms with E-state index in [1.165, 1.54) is 6.07 Å². The molecular formula is C10H13F3OSi. The summed E-state index contributed by atoms with van der Waals surface area (Å²) >= 11 is 0. The van der Waals surface area contributed by atoms with Gasteiger partial charge in [-0.3, -0.25) is 0 Å². The fourth-order valence-electron chi connectivity index (χ4n) is 1.30. The molecule has 0 heterocycles. The largest absolute Gasteiger partial charge is 0.573 e. The van der Waals surface area contributed by atoms with E-state index in [1.54, 1.807) is 18.2 Å². The normalized spacial score (nSPS) is 12.7. The van der Waals surface area contributed by atoms with Gasteiger partial charge in [-0.15, -0.1) is 13.2 Å². The number of benzene rings is 1. The highest BCUT2D eigenvalue weighted by atomic mass is 28.3. The van der Waals surface area contributed by atoms with Gasteiger partial charge in [0, 0.05) is 0 Å². The van der Waals surface area contributed by atoms with Crippen molar-refractivity contribution in [3.63, 3.8) is 0 Å². The molecule has 0 radical (unpaired) electrons. The van der Waals surface area contributed by atoms with Crippen LogP contribution in [0.25, 0.3) is 0 Å². The van der Waals surface area contributed by atoms with Crippen LogP contribution in [-0.4, -0.2) is 14.4 Å². The minimum atomic E-state index is -4.62. The van der Waals surface area contributed by atoms with E-state index in [2.05, 4.69) is 4.74 Å². The van der Waals surface area contributed by atoms with Gasteiger partial charge in [0.2, 0.25) is 0 Å². The molecule has 1 aromatic carbocycles. The predicted octanol–water partition coefficient (Wildman–Crippen LogP) is 3.13. The molecule has 15 heavy (non-hydrogen) atoms. The summed E-state index contributed by atoms with van der Waals surface area (Å²) in [4.78, 5) is 0. The molecule has 0 amide bonds. The predicted molar refractivity (Wildman–Crippen MR) is 56.1 cm³/mol. The minimum absolute atomic E-state index is 0.0656. The molecule has 1 rings (SSSR count). The Morgan fingerprint density at radius 3 is 2.07 bits per heavy atom. The Labute approximate surface area is 87.9 Å².